The Balaban J connectivity index is 3.99. The number of ether oxygens (including phenoxy) is 1. The Morgan fingerprint density at radius 2 is 2.06 bits per heavy atom. The Labute approximate surface area is 112 Å². The molecular formula is C14H30N2O2. The van der Waals surface area contributed by atoms with E-state index in [1.807, 2.05) is 14.0 Å². The first kappa shape index (κ1) is 17.4. The van der Waals surface area contributed by atoms with Gasteiger partial charge in [-0.2, -0.15) is 0 Å². The SMILES string of the molecule is CCC(C)N(C)CCCCC(C)(NC)C(=O)OC. The van der Waals surface area contributed by atoms with Gasteiger partial charge >= 0.3 is 5.97 Å². The molecule has 18 heavy (non-hydrogen) atoms. The van der Waals surface area contributed by atoms with E-state index in [1.165, 1.54) is 13.5 Å². The van der Waals surface area contributed by atoms with E-state index in [4.69, 9.17) is 4.74 Å². The van der Waals surface area contributed by atoms with Crippen LogP contribution in [0.15, 0.2) is 0 Å². The minimum Gasteiger partial charge on any atom is -0.468 e. The monoisotopic (exact) mass is 258 g/mol. The van der Waals surface area contributed by atoms with Crippen molar-refractivity contribution in [1.82, 2.24) is 10.2 Å². The summed E-state index contributed by atoms with van der Waals surface area (Å²) in [5, 5.41) is 3.06. The highest BCUT2D eigenvalue weighted by molar-refractivity contribution is 5.80. The van der Waals surface area contributed by atoms with Crippen LogP contribution >= 0.6 is 0 Å². The van der Waals surface area contributed by atoms with Crippen LogP contribution in [0.4, 0.5) is 0 Å². The zero-order chi connectivity index (χ0) is 14.2. The third-order valence-corrected chi connectivity index (χ3v) is 3.97. The molecule has 4 nitrogen and oxygen atoms in total. The largest absolute Gasteiger partial charge is 0.468 e. The van der Waals surface area contributed by atoms with Crippen molar-refractivity contribution in [3.63, 3.8) is 0 Å². The molecule has 0 aliphatic carbocycles. The number of nitrogens with one attached hydrogen (secondary N) is 1. The number of hydrogen-bond donors (Lipinski definition) is 1. The molecule has 0 amide bonds. The topological polar surface area (TPSA) is 41.6 Å². The van der Waals surface area contributed by atoms with Gasteiger partial charge in [-0.25, -0.2) is 0 Å². The molecule has 2 atom stereocenters. The van der Waals surface area contributed by atoms with E-state index in [-0.39, 0.29) is 5.97 Å². The molecule has 4 heteroatoms. The van der Waals surface area contributed by atoms with Gasteiger partial charge in [-0.1, -0.05) is 6.92 Å². The van der Waals surface area contributed by atoms with Crippen LogP contribution in [-0.4, -0.2) is 50.2 Å². The summed E-state index contributed by atoms with van der Waals surface area (Å²) in [6, 6.07) is 0.626. The third kappa shape index (κ3) is 5.36. The number of hydrogen-bond acceptors (Lipinski definition) is 4. The van der Waals surface area contributed by atoms with E-state index in [0.29, 0.717) is 6.04 Å². The number of carbonyl (C=O) groups excluding carboxylic acids is 1. The molecule has 0 radical (unpaired) electrons. The standard InChI is InChI=1S/C14H30N2O2/c1-7-12(2)16(5)11-9-8-10-14(3,15-4)13(17)18-6/h12,15H,7-11H2,1-6H3. The summed E-state index contributed by atoms with van der Waals surface area (Å²) in [4.78, 5) is 14.0. The van der Waals surface area contributed by atoms with Crippen molar-refractivity contribution in [2.75, 3.05) is 27.7 Å². The molecule has 0 aromatic rings. The molecule has 0 aromatic carbocycles. The lowest BCUT2D eigenvalue weighted by Crippen LogP contribution is -2.48. The Morgan fingerprint density at radius 1 is 1.44 bits per heavy atom. The highest BCUT2D eigenvalue weighted by Gasteiger charge is 2.31. The van der Waals surface area contributed by atoms with Crippen LogP contribution in [0.5, 0.6) is 0 Å². The van der Waals surface area contributed by atoms with Crippen LogP contribution in [0, 0.1) is 0 Å². The Bertz CT molecular complexity index is 246. The number of esters is 1. The van der Waals surface area contributed by atoms with Gasteiger partial charge in [-0.05, 0) is 60.2 Å². The van der Waals surface area contributed by atoms with Crippen molar-refractivity contribution in [2.24, 2.45) is 0 Å². The highest BCUT2D eigenvalue weighted by atomic mass is 16.5. The van der Waals surface area contributed by atoms with Gasteiger partial charge < -0.3 is 15.0 Å². The fourth-order valence-electron chi connectivity index (χ4n) is 1.93. The highest BCUT2D eigenvalue weighted by Crippen LogP contribution is 2.15. The van der Waals surface area contributed by atoms with Crippen molar-refractivity contribution in [3.05, 3.63) is 0 Å². The summed E-state index contributed by atoms with van der Waals surface area (Å²) in [6.45, 7) is 7.43. The first-order chi connectivity index (χ1) is 8.41. The van der Waals surface area contributed by atoms with E-state index in [1.54, 1.807) is 0 Å². The van der Waals surface area contributed by atoms with Crippen LogP contribution < -0.4 is 5.32 Å². The first-order valence-corrected chi connectivity index (χ1v) is 6.88. The van der Waals surface area contributed by atoms with E-state index in [2.05, 4.69) is 31.1 Å². The summed E-state index contributed by atoms with van der Waals surface area (Å²) in [6.07, 6.45) is 4.11. The number of unbranched alkanes of at least 4 members (excludes halogenated alkanes) is 1. The number of likely N-dealkylation sites (N-methyl/N-ethyl adjacent to an activating group) is 1. The van der Waals surface area contributed by atoms with Crippen molar-refractivity contribution in [2.45, 2.75) is 58.0 Å². The predicted molar refractivity (Wildman–Crippen MR) is 75.7 cm³/mol. The zero-order valence-electron chi connectivity index (χ0n) is 12.9. The Kier molecular flexibility index (Phi) is 8.20. The zero-order valence-corrected chi connectivity index (χ0v) is 12.9. The summed E-state index contributed by atoms with van der Waals surface area (Å²) in [7, 11) is 5.41. The molecule has 0 saturated carbocycles. The van der Waals surface area contributed by atoms with Gasteiger partial charge in [0.05, 0.1) is 7.11 Å². The van der Waals surface area contributed by atoms with Crippen LogP contribution in [-0.2, 0) is 9.53 Å². The Hall–Kier alpha value is -0.610. The Morgan fingerprint density at radius 3 is 2.50 bits per heavy atom. The second kappa shape index (κ2) is 8.48. The van der Waals surface area contributed by atoms with Crippen molar-refractivity contribution >= 4 is 5.97 Å². The van der Waals surface area contributed by atoms with E-state index in [0.717, 1.165) is 25.8 Å². The number of methoxy groups -OCH3 is 1. The molecule has 0 aliphatic rings. The van der Waals surface area contributed by atoms with Gasteiger partial charge in [0.1, 0.15) is 5.54 Å². The minimum absolute atomic E-state index is 0.180. The number of nitrogens with zero attached hydrogens (tertiary/aromatic N) is 1. The second-order valence-corrected chi connectivity index (χ2v) is 5.27. The maximum absolute atomic E-state index is 11.7. The number of carbonyl (C=O) groups is 1. The molecule has 0 fully saturated rings. The van der Waals surface area contributed by atoms with Gasteiger partial charge in [-0.15, -0.1) is 0 Å². The van der Waals surface area contributed by atoms with E-state index >= 15 is 0 Å². The van der Waals surface area contributed by atoms with E-state index < -0.39 is 5.54 Å². The second-order valence-electron chi connectivity index (χ2n) is 5.27. The lowest BCUT2D eigenvalue weighted by atomic mass is 9.95. The summed E-state index contributed by atoms with van der Waals surface area (Å²) in [5.41, 5.74) is -0.552. The molecule has 0 bridgehead atoms. The molecule has 0 aliphatic heterocycles. The van der Waals surface area contributed by atoms with Gasteiger partial charge in [0.15, 0.2) is 0 Å². The van der Waals surface area contributed by atoms with Crippen LogP contribution in [0.1, 0.15) is 46.5 Å². The molecule has 1 N–H and O–H groups in total. The lowest BCUT2D eigenvalue weighted by Gasteiger charge is -2.27. The maximum atomic E-state index is 11.7. The van der Waals surface area contributed by atoms with Gasteiger partial charge in [0, 0.05) is 6.04 Å². The molecule has 108 valence electrons. The van der Waals surface area contributed by atoms with Gasteiger partial charge in [0.25, 0.3) is 0 Å². The summed E-state index contributed by atoms with van der Waals surface area (Å²) < 4.78 is 4.83. The van der Waals surface area contributed by atoms with Crippen molar-refractivity contribution < 1.29 is 9.53 Å². The molecule has 0 heterocycles. The molecule has 0 saturated heterocycles. The molecule has 2 unspecified atom stereocenters. The number of rotatable bonds is 9. The molecular weight excluding hydrogens is 228 g/mol. The van der Waals surface area contributed by atoms with Crippen LogP contribution in [0.3, 0.4) is 0 Å². The molecule has 0 aromatic heterocycles. The average molecular weight is 258 g/mol. The van der Waals surface area contributed by atoms with Crippen LogP contribution in [0.25, 0.3) is 0 Å². The van der Waals surface area contributed by atoms with E-state index in [9.17, 15) is 4.79 Å². The first-order valence-electron chi connectivity index (χ1n) is 6.88. The van der Waals surface area contributed by atoms with Gasteiger partial charge in [-0.3, -0.25) is 4.79 Å². The fraction of sp³-hybridized carbons (Fsp3) is 0.929. The molecule has 0 rings (SSSR count). The minimum atomic E-state index is -0.552. The summed E-state index contributed by atoms with van der Waals surface area (Å²) >= 11 is 0. The fourth-order valence-corrected chi connectivity index (χ4v) is 1.93. The van der Waals surface area contributed by atoms with Crippen molar-refractivity contribution in [3.8, 4) is 0 Å². The van der Waals surface area contributed by atoms with Gasteiger partial charge in [0.2, 0.25) is 0 Å². The summed E-state index contributed by atoms with van der Waals surface area (Å²) in [5.74, 6) is -0.180. The maximum Gasteiger partial charge on any atom is 0.325 e. The predicted octanol–water partition coefficient (Wildman–Crippen LogP) is 2.04. The quantitative estimate of drug-likeness (QED) is 0.507. The normalized spacial score (nSPS) is 16.4. The molecule has 0 spiro atoms. The van der Waals surface area contributed by atoms with Crippen molar-refractivity contribution in [1.29, 1.82) is 0 Å². The smallest absolute Gasteiger partial charge is 0.325 e. The third-order valence-electron chi connectivity index (χ3n) is 3.97. The van der Waals surface area contributed by atoms with Crippen LogP contribution in [0.2, 0.25) is 0 Å². The lowest BCUT2D eigenvalue weighted by molar-refractivity contribution is -0.148. The average Bonchev–Trinajstić information content (AvgIpc) is 2.40.